The molecule has 4 nitrogen and oxygen atoms in total. The Hall–Kier alpha value is -2.56. The van der Waals surface area contributed by atoms with E-state index in [1.807, 2.05) is 17.6 Å². The minimum absolute atomic E-state index is 0.0735. The molecule has 0 unspecified atom stereocenters. The van der Waals surface area contributed by atoms with E-state index in [9.17, 15) is 9.18 Å². The first kappa shape index (κ1) is 17.8. The summed E-state index contributed by atoms with van der Waals surface area (Å²) in [6, 6.07) is 8.13. The van der Waals surface area contributed by atoms with E-state index in [0.29, 0.717) is 5.65 Å². The van der Waals surface area contributed by atoms with E-state index in [-0.39, 0.29) is 17.5 Å². The van der Waals surface area contributed by atoms with Crippen molar-refractivity contribution in [2.24, 2.45) is 5.92 Å². The number of fused-ring (bicyclic) bond motifs is 1. The van der Waals surface area contributed by atoms with Crippen molar-refractivity contribution in [1.82, 2.24) is 14.8 Å². The highest BCUT2D eigenvalue weighted by molar-refractivity contribution is 6.10. The van der Waals surface area contributed by atoms with Gasteiger partial charge in [-0.15, -0.1) is 5.10 Å². The third-order valence-corrected chi connectivity index (χ3v) is 5.69. The molecule has 1 fully saturated rings. The highest BCUT2D eigenvalue weighted by atomic mass is 19.1. The smallest absolute Gasteiger partial charge is 0.168 e. The van der Waals surface area contributed by atoms with Crippen LogP contribution in [0.3, 0.4) is 0 Å². The molecule has 1 aliphatic rings. The Kier molecular flexibility index (Phi) is 5.01. The summed E-state index contributed by atoms with van der Waals surface area (Å²) >= 11 is 0. The van der Waals surface area contributed by atoms with Crippen LogP contribution in [0.2, 0.25) is 0 Å². The van der Waals surface area contributed by atoms with Crippen LogP contribution in [0.25, 0.3) is 16.7 Å². The fourth-order valence-electron chi connectivity index (χ4n) is 4.29. The predicted molar refractivity (Wildman–Crippen MR) is 104 cm³/mol. The highest BCUT2D eigenvalue weighted by Crippen LogP contribution is 2.33. The largest absolute Gasteiger partial charge is 0.296 e. The maximum atomic E-state index is 13.5. The van der Waals surface area contributed by atoms with Crippen LogP contribution >= 0.6 is 0 Å². The Morgan fingerprint density at radius 3 is 2.41 bits per heavy atom. The molecule has 0 aliphatic heterocycles. The summed E-state index contributed by atoms with van der Waals surface area (Å²) in [5.74, 6) is 0.00228. The molecule has 1 saturated carbocycles. The SMILES string of the molecule is Cc1c(C(=O)C2CCCCCCC2)c2ccnnc2n1-c1ccc(F)cc1. The Bertz CT molecular complexity index is 954. The Labute approximate surface area is 158 Å². The molecule has 0 saturated heterocycles. The molecular weight excluding hydrogens is 341 g/mol. The van der Waals surface area contributed by atoms with Crippen molar-refractivity contribution in [1.29, 1.82) is 0 Å². The van der Waals surface area contributed by atoms with Crippen LogP contribution in [0.4, 0.5) is 4.39 Å². The third kappa shape index (κ3) is 3.38. The zero-order chi connectivity index (χ0) is 18.8. The lowest BCUT2D eigenvalue weighted by atomic mass is 9.85. The molecule has 27 heavy (non-hydrogen) atoms. The molecule has 4 rings (SSSR count). The first-order valence-corrected chi connectivity index (χ1v) is 9.79. The van der Waals surface area contributed by atoms with Gasteiger partial charge in [-0.3, -0.25) is 9.36 Å². The van der Waals surface area contributed by atoms with Crippen molar-refractivity contribution < 1.29 is 9.18 Å². The molecule has 0 N–H and O–H groups in total. The summed E-state index contributed by atoms with van der Waals surface area (Å²) in [6.45, 7) is 1.95. The second-order valence-corrected chi connectivity index (χ2v) is 7.45. The van der Waals surface area contributed by atoms with Crippen LogP contribution in [0.1, 0.15) is 61.0 Å². The average molecular weight is 365 g/mol. The molecule has 0 amide bonds. The van der Waals surface area contributed by atoms with Gasteiger partial charge in [-0.25, -0.2) is 4.39 Å². The van der Waals surface area contributed by atoms with Crippen molar-refractivity contribution in [3.63, 3.8) is 0 Å². The van der Waals surface area contributed by atoms with Gasteiger partial charge in [-0.05, 0) is 50.1 Å². The molecule has 3 aromatic rings. The zero-order valence-corrected chi connectivity index (χ0v) is 15.6. The number of halogens is 1. The second kappa shape index (κ2) is 7.59. The lowest BCUT2D eigenvalue weighted by molar-refractivity contribution is 0.0899. The minimum Gasteiger partial charge on any atom is -0.296 e. The van der Waals surface area contributed by atoms with Crippen molar-refractivity contribution in [2.45, 2.75) is 51.9 Å². The molecule has 1 aliphatic carbocycles. The molecule has 140 valence electrons. The van der Waals surface area contributed by atoms with E-state index in [1.54, 1.807) is 18.3 Å². The summed E-state index contributed by atoms with van der Waals surface area (Å²) in [5.41, 5.74) is 3.03. The van der Waals surface area contributed by atoms with Crippen molar-refractivity contribution >= 4 is 16.8 Å². The fourth-order valence-corrected chi connectivity index (χ4v) is 4.29. The van der Waals surface area contributed by atoms with Gasteiger partial charge in [0.15, 0.2) is 11.4 Å². The van der Waals surface area contributed by atoms with Crippen LogP contribution in [-0.2, 0) is 0 Å². The first-order chi connectivity index (χ1) is 13.2. The Morgan fingerprint density at radius 1 is 1.04 bits per heavy atom. The zero-order valence-electron chi connectivity index (χ0n) is 15.6. The molecule has 1 aromatic carbocycles. The van der Waals surface area contributed by atoms with E-state index in [0.717, 1.165) is 48.0 Å². The van der Waals surface area contributed by atoms with Crippen LogP contribution in [0.15, 0.2) is 36.5 Å². The second-order valence-electron chi connectivity index (χ2n) is 7.45. The molecule has 0 radical (unpaired) electrons. The number of nitrogens with zero attached hydrogens (tertiary/aromatic N) is 3. The molecular formula is C22H24FN3O. The van der Waals surface area contributed by atoms with E-state index < -0.39 is 0 Å². The van der Waals surface area contributed by atoms with E-state index in [4.69, 9.17) is 0 Å². The molecule has 2 heterocycles. The number of Topliss-reactive ketones (excluding diaryl/α,β-unsaturated/α-hetero) is 1. The van der Waals surface area contributed by atoms with Gasteiger partial charge in [-0.1, -0.05) is 32.1 Å². The standard InChI is InChI=1S/C22H24FN3O/c1-15-20(21(27)16-7-5-3-2-4-6-8-16)19-13-14-24-25-22(19)26(15)18-11-9-17(23)10-12-18/h9-14,16H,2-8H2,1H3. The predicted octanol–water partition coefficient (Wildman–Crippen LogP) is 5.41. The molecule has 2 aromatic heterocycles. The summed E-state index contributed by atoms with van der Waals surface area (Å²) in [5, 5.41) is 9.14. The normalized spacial score (nSPS) is 16.2. The van der Waals surface area contributed by atoms with Gasteiger partial charge < -0.3 is 0 Å². The molecule has 0 bridgehead atoms. The van der Waals surface area contributed by atoms with E-state index >= 15 is 0 Å². The van der Waals surface area contributed by atoms with Gasteiger partial charge in [0.1, 0.15) is 5.82 Å². The number of hydrogen-bond donors (Lipinski definition) is 0. The summed E-state index contributed by atoms with van der Waals surface area (Å²) in [7, 11) is 0. The van der Waals surface area contributed by atoms with Gasteiger partial charge >= 0.3 is 0 Å². The highest BCUT2D eigenvalue weighted by Gasteiger charge is 2.27. The van der Waals surface area contributed by atoms with E-state index in [2.05, 4.69) is 10.2 Å². The van der Waals surface area contributed by atoms with Crippen molar-refractivity contribution in [2.75, 3.05) is 0 Å². The van der Waals surface area contributed by atoms with Crippen LogP contribution in [0.5, 0.6) is 0 Å². The Balaban J connectivity index is 1.82. The quantitative estimate of drug-likeness (QED) is 0.583. The van der Waals surface area contributed by atoms with Gasteiger partial charge in [0.25, 0.3) is 0 Å². The summed E-state index contributed by atoms with van der Waals surface area (Å²) < 4.78 is 15.3. The number of aromatic nitrogens is 3. The van der Waals surface area contributed by atoms with Crippen LogP contribution in [0, 0.1) is 18.7 Å². The van der Waals surface area contributed by atoms with E-state index in [1.165, 1.54) is 31.4 Å². The number of benzene rings is 1. The van der Waals surface area contributed by atoms with Gasteiger partial charge in [0, 0.05) is 28.2 Å². The van der Waals surface area contributed by atoms with Gasteiger partial charge in [0.2, 0.25) is 0 Å². The summed E-state index contributed by atoms with van der Waals surface area (Å²) in [6.07, 6.45) is 9.49. The third-order valence-electron chi connectivity index (χ3n) is 5.69. The fraction of sp³-hybridized carbons (Fsp3) is 0.409. The minimum atomic E-state index is -0.287. The number of carbonyl (C=O) groups excluding carboxylic acids is 1. The van der Waals surface area contributed by atoms with Crippen molar-refractivity contribution in [3.05, 3.63) is 53.6 Å². The number of ketones is 1. The molecule has 5 heteroatoms. The van der Waals surface area contributed by atoms with Gasteiger partial charge in [0.05, 0.1) is 6.20 Å². The topological polar surface area (TPSA) is 47.8 Å². The van der Waals surface area contributed by atoms with Gasteiger partial charge in [-0.2, -0.15) is 5.10 Å². The maximum absolute atomic E-state index is 13.5. The number of hydrogen-bond acceptors (Lipinski definition) is 3. The average Bonchev–Trinajstić information content (AvgIpc) is 2.94. The number of rotatable bonds is 3. The summed E-state index contributed by atoms with van der Waals surface area (Å²) in [4.78, 5) is 13.5. The monoisotopic (exact) mass is 365 g/mol. The lowest BCUT2D eigenvalue weighted by Crippen LogP contribution is -2.17. The molecule has 0 atom stereocenters. The lowest BCUT2D eigenvalue weighted by Gasteiger charge is -2.18. The number of carbonyl (C=O) groups is 1. The Morgan fingerprint density at radius 2 is 1.70 bits per heavy atom. The molecule has 0 spiro atoms. The van der Waals surface area contributed by atoms with Crippen LogP contribution < -0.4 is 0 Å². The van der Waals surface area contributed by atoms with Crippen molar-refractivity contribution in [3.8, 4) is 5.69 Å². The first-order valence-electron chi connectivity index (χ1n) is 9.79. The maximum Gasteiger partial charge on any atom is 0.168 e. The van der Waals surface area contributed by atoms with Crippen LogP contribution in [-0.4, -0.2) is 20.5 Å².